The first-order valence-corrected chi connectivity index (χ1v) is 3.76. The molecule has 1 nitrogen and oxygen atoms in total. The second-order valence-electron chi connectivity index (χ2n) is 2.81. The van der Waals surface area contributed by atoms with E-state index in [4.69, 9.17) is 11.6 Å². The maximum Gasteiger partial charge on any atom is 0.169 e. The van der Waals surface area contributed by atoms with Crippen LogP contribution in [0.2, 0.25) is 0 Å². The molecular weight excluding hydrogens is 169 g/mol. The fraction of sp³-hybridized carbons (Fsp3) is 0.714. The van der Waals surface area contributed by atoms with Crippen LogP contribution in [0.15, 0.2) is 12.2 Å². The molecule has 1 aliphatic carbocycles. The van der Waals surface area contributed by atoms with E-state index in [1.54, 1.807) is 0 Å². The molecule has 0 spiro atoms. The lowest BCUT2D eigenvalue weighted by molar-refractivity contribution is -0.874. The van der Waals surface area contributed by atoms with E-state index in [1.807, 2.05) is 0 Å². The predicted molar refractivity (Wildman–Crippen MR) is 39.7 cm³/mol. The van der Waals surface area contributed by atoms with Crippen molar-refractivity contribution >= 4 is 11.6 Å². The topological polar surface area (TPSA) is 4.44 Å². The standard InChI is InChI=1S/C7H12ClN.ClH/c1-9(2)7(8)6-4-3-5-6;/h3-4,6-7H,5H2,1-2H3;1H. The van der Waals surface area contributed by atoms with Gasteiger partial charge >= 0.3 is 0 Å². The summed E-state index contributed by atoms with van der Waals surface area (Å²) in [6, 6.07) is 0. The average Bonchev–Trinajstić information content (AvgIpc) is 1.60. The number of alkyl halides is 1. The zero-order valence-corrected chi connectivity index (χ0v) is 7.78. The van der Waals surface area contributed by atoms with E-state index in [-0.39, 0.29) is 17.9 Å². The predicted octanol–water partition coefficient (Wildman–Crippen LogP) is -2.72. The van der Waals surface area contributed by atoms with Gasteiger partial charge in [-0.3, -0.25) is 0 Å². The summed E-state index contributed by atoms with van der Waals surface area (Å²) >= 11 is 6.03. The fourth-order valence-electron chi connectivity index (χ4n) is 0.938. The Bertz CT molecular complexity index is 123. The maximum atomic E-state index is 6.03. The molecule has 1 rings (SSSR count). The van der Waals surface area contributed by atoms with E-state index in [0.717, 1.165) is 0 Å². The third-order valence-corrected chi connectivity index (χ3v) is 2.48. The lowest BCUT2D eigenvalue weighted by Gasteiger charge is -2.25. The minimum atomic E-state index is 0. The highest BCUT2D eigenvalue weighted by Gasteiger charge is 2.24. The molecule has 0 aromatic heterocycles. The normalized spacial score (nSPS) is 25.4. The monoisotopic (exact) mass is 181 g/mol. The first-order chi connectivity index (χ1) is 4.22. The van der Waals surface area contributed by atoms with Crippen molar-refractivity contribution in [1.29, 1.82) is 0 Å². The number of rotatable bonds is 2. The van der Waals surface area contributed by atoms with Crippen LogP contribution in [0, 0.1) is 5.92 Å². The third kappa shape index (κ3) is 2.15. The minimum Gasteiger partial charge on any atom is -1.00 e. The number of quaternary nitrogens is 1. The molecular formula is C7H13Cl2N. The lowest BCUT2D eigenvalue weighted by atomic mass is 9.95. The van der Waals surface area contributed by atoms with Gasteiger partial charge in [-0.1, -0.05) is 23.8 Å². The van der Waals surface area contributed by atoms with Gasteiger partial charge in [-0.05, 0) is 6.42 Å². The quantitative estimate of drug-likeness (QED) is 0.269. The summed E-state index contributed by atoms with van der Waals surface area (Å²) in [6.45, 7) is 0. The molecule has 0 bridgehead atoms. The first-order valence-electron chi connectivity index (χ1n) is 3.32. The summed E-state index contributed by atoms with van der Waals surface area (Å²) in [5.41, 5.74) is 0.273. The van der Waals surface area contributed by atoms with Gasteiger partial charge in [0.2, 0.25) is 0 Å². The summed E-state index contributed by atoms with van der Waals surface area (Å²) < 4.78 is 0. The van der Waals surface area contributed by atoms with Crippen molar-refractivity contribution in [3.63, 3.8) is 0 Å². The van der Waals surface area contributed by atoms with Gasteiger partial charge in [0.25, 0.3) is 0 Å². The van der Waals surface area contributed by atoms with Crippen molar-refractivity contribution < 1.29 is 17.3 Å². The highest BCUT2D eigenvalue weighted by molar-refractivity contribution is 6.19. The molecule has 1 N–H and O–H groups in total. The molecule has 0 saturated carbocycles. The molecule has 0 fully saturated rings. The number of halogens is 2. The largest absolute Gasteiger partial charge is 1.00 e. The van der Waals surface area contributed by atoms with E-state index < -0.39 is 0 Å². The van der Waals surface area contributed by atoms with Crippen molar-refractivity contribution in [2.75, 3.05) is 14.1 Å². The summed E-state index contributed by atoms with van der Waals surface area (Å²) in [4.78, 5) is 1.33. The Balaban J connectivity index is 0.000000810. The molecule has 10 heavy (non-hydrogen) atoms. The molecule has 0 radical (unpaired) electrons. The van der Waals surface area contributed by atoms with Gasteiger partial charge in [0.05, 0.1) is 14.1 Å². The van der Waals surface area contributed by atoms with E-state index >= 15 is 0 Å². The Hall–Kier alpha value is 0.280. The first kappa shape index (κ1) is 10.3. The van der Waals surface area contributed by atoms with Gasteiger partial charge in [0.15, 0.2) is 5.50 Å². The molecule has 2 atom stereocenters. The van der Waals surface area contributed by atoms with Crippen molar-refractivity contribution in [1.82, 2.24) is 0 Å². The Morgan fingerprint density at radius 1 is 1.60 bits per heavy atom. The minimum absolute atomic E-state index is 0. The molecule has 0 aromatic carbocycles. The lowest BCUT2D eigenvalue weighted by Crippen LogP contribution is -3.09. The van der Waals surface area contributed by atoms with Gasteiger partial charge in [0.1, 0.15) is 0 Å². The maximum absolute atomic E-state index is 6.03. The number of nitrogens with one attached hydrogen (secondary N) is 1. The van der Waals surface area contributed by atoms with Crippen LogP contribution >= 0.6 is 11.6 Å². The molecule has 0 aliphatic heterocycles. The Morgan fingerprint density at radius 2 is 2.10 bits per heavy atom. The Morgan fingerprint density at radius 3 is 2.20 bits per heavy atom. The van der Waals surface area contributed by atoms with Gasteiger partial charge < -0.3 is 17.3 Å². The Kier molecular flexibility index (Phi) is 4.34. The number of hydrogen-bond acceptors (Lipinski definition) is 0. The van der Waals surface area contributed by atoms with Crippen LogP contribution in [0.1, 0.15) is 6.42 Å². The summed E-state index contributed by atoms with van der Waals surface area (Å²) in [6.07, 6.45) is 5.52. The molecule has 1 aliphatic rings. The van der Waals surface area contributed by atoms with Crippen molar-refractivity contribution in [2.24, 2.45) is 5.92 Å². The summed E-state index contributed by atoms with van der Waals surface area (Å²) in [5.74, 6) is 0.622. The number of allylic oxidation sites excluding steroid dienone is 1. The van der Waals surface area contributed by atoms with E-state index in [0.29, 0.717) is 5.92 Å². The van der Waals surface area contributed by atoms with Crippen LogP contribution in [0.5, 0.6) is 0 Å². The fourth-order valence-corrected chi connectivity index (χ4v) is 1.13. The Labute approximate surface area is 73.4 Å². The van der Waals surface area contributed by atoms with E-state index in [9.17, 15) is 0 Å². The molecule has 0 aromatic rings. The average molecular weight is 182 g/mol. The summed E-state index contributed by atoms with van der Waals surface area (Å²) in [5, 5.41) is 0. The van der Waals surface area contributed by atoms with Gasteiger partial charge in [0, 0.05) is 5.92 Å². The zero-order valence-electron chi connectivity index (χ0n) is 6.27. The second kappa shape index (κ2) is 4.22. The van der Waals surface area contributed by atoms with Crippen LogP contribution in [0.3, 0.4) is 0 Å². The van der Waals surface area contributed by atoms with Crippen LogP contribution in [0.4, 0.5) is 0 Å². The van der Waals surface area contributed by atoms with E-state index in [2.05, 4.69) is 26.2 Å². The van der Waals surface area contributed by atoms with Crippen LogP contribution < -0.4 is 17.3 Å². The van der Waals surface area contributed by atoms with Crippen LogP contribution in [-0.4, -0.2) is 19.6 Å². The van der Waals surface area contributed by atoms with Crippen molar-refractivity contribution in [2.45, 2.75) is 11.9 Å². The van der Waals surface area contributed by atoms with Gasteiger partial charge in [-0.2, -0.15) is 0 Å². The number of hydrogen-bond donors (Lipinski definition) is 1. The molecule has 3 heteroatoms. The molecule has 0 amide bonds. The molecule has 60 valence electrons. The van der Waals surface area contributed by atoms with Crippen LogP contribution in [0.25, 0.3) is 0 Å². The van der Waals surface area contributed by atoms with Gasteiger partial charge in [-0.25, -0.2) is 0 Å². The third-order valence-electron chi connectivity index (χ3n) is 1.72. The molecule has 2 unspecified atom stereocenters. The highest BCUT2D eigenvalue weighted by Crippen LogP contribution is 2.20. The van der Waals surface area contributed by atoms with Crippen molar-refractivity contribution in [3.8, 4) is 0 Å². The van der Waals surface area contributed by atoms with E-state index in [1.165, 1.54) is 11.3 Å². The molecule has 0 saturated heterocycles. The zero-order chi connectivity index (χ0) is 6.85. The highest BCUT2D eigenvalue weighted by atomic mass is 35.5. The van der Waals surface area contributed by atoms with Crippen LogP contribution in [-0.2, 0) is 0 Å². The van der Waals surface area contributed by atoms with Gasteiger partial charge in [-0.15, -0.1) is 0 Å². The smallest absolute Gasteiger partial charge is 0.169 e. The van der Waals surface area contributed by atoms with Crippen molar-refractivity contribution in [3.05, 3.63) is 12.2 Å². The SMILES string of the molecule is C[NH+](C)C(Cl)C1C=CC1.[Cl-]. The molecule has 0 heterocycles. The summed E-state index contributed by atoms with van der Waals surface area (Å²) in [7, 11) is 4.17. The second-order valence-corrected chi connectivity index (χ2v) is 3.28.